The van der Waals surface area contributed by atoms with Crippen LogP contribution < -0.4 is 5.73 Å². The van der Waals surface area contributed by atoms with Gasteiger partial charge in [-0.15, -0.1) is 0 Å². The maximum atomic E-state index is 12.5. The highest BCUT2D eigenvalue weighted by atomic mass is 32.2. The molecule has 1 aromatic carbocycles. The Balaban J connectivity index is 2.26. The van der Waals surface area contributed by atoms with Crippen LogP contribution in [-0.2, 0) is 16.6 Å². The first-order valence-corrected chi connectivity index (χ1v) is 8.05. The van der Waals surface area contributed by atoms with Crippen molar-refractivity contribution in [3.8, 4) is 0 Å². The molecule has 0 aliphatic rings. The molecule has 8 heteroatoms. The van der Waals surface area contributed by atoms with Crippen LogP contribution in [0.4, 0.5) is 0 Å². The minimum absolute atomic E-state index is 0.131. The van der Waals surface area contributed by atoms with Gasteiger partial charge in [0.05, 0.1) is 11.4 Å². The van der Waals surface area contributed by atoms with E-state index in [1.807, 2.05) is 13.0 Å². The van der Waals surface area contributed by atoms with Gasteiger partial charge in [-0.2, -0.15) is 9.40 Å². The van der Waals surface area contributed by atoms with E-state index in [-0.39, 0.29) is 17.5 Å². The molecule has 2 aromatic rings. The maximum Gasteiger partial charge on any atom is 0.243 e. The molecule has 1 heterocycles. The zero-order valence-corrected chi connectivity index (χ0v) is 12.8. The maximum absolute atomic E-state index is 12.5. The number of nitrogens with zero attached hydrogens (tertiary/aromatic N) is 3. The molecule has 0 saturated carbocycles. The van der Waals surface area contributed by atoms with Gasteiger partial charge in [-0.05, 0) is 24.1 Å². The summed E-state index contributed by atoms with van der Waals surface area (Å²) < 4.78 is 26.3. The molecule has 1 atom stereocenters. The molecule has 0 radical (unpaired) electrons. The first-order chi connectivity index (χ1) is 9.95. The summed E-state index contributed by atoms with van der Waals surface area (Å²) in [5.41, 5.74) is 6.77. The Labute approximate surface area is 124 Å². The third-order valence-electron chi connectivity index (χ3n) is 3.27. The second-order valence-corrected chi connectivity index (χ2v) is 6.83. The molecule has 2 rings (SSSR count). The Morgan fingerprint density at radius 1 is 1.43 bits per heavy atom. The number of benzene rings is 1. The fraction of sp³-hybridized carbons (Fsp3) is 0.385. The van der Waals surface area contributed by atoms with Gasteiger partial charge in [-0.25, -0.2) is 13.4 Å². The lowest BCUT2D eigenvalue weighted by Crippen LogP contribution is -2.27. The third kappa shape index (κ3) is 3.46. The van der Waals surface area contributed by atoms with Crippen molar-refractivity contribution >= 4 is 10.0 Å². The van der Waals surface area contributed by atoms with E-state index in [2.05, 4.69) is 15.2 Å². The van der Waals surface area contributed by atoms with Crippen molar-refractivity contribution in [1.82, 2.24) is 19.5 Å². The van der Waals surface area contributed by atoms with Gasteiger partial charge in [0.15, 0.2) is 0 Å². The lowest BCUT2D eigenvalue weighted by molar-refractivity contribution is 0.457. The average Bonchev–Trinajstić information content (AvgIpc) is 2.99. The van der Waals surface area contributed by atoms with Gasteiger partial charge < -0.3 is 5.73 Å². The van der Waals surface area contributed by atoms with Gasteiger partial charge in [0, 0.05) is 13.1 Å². The van der Waals surface area contributed by atoms with Crippen LogP contribution in [0.25, 0.3) is 0 Å². The largest absolute Gasteiger partial charge is 0.324 e. The molecule has 0 aliphatic heterocycles. The van der Waals surface area contributed by atoms with E-state index in [1.165, 1.54) is 17.7 Å². The number of sulfonamides is 1. The van der Waals surface area contributed by atoms with Crippen molar-refractivity contribution in [2.24, 2.45) is 5.73 Å². The zero-order valence-electron chi connectivity index (χ0n) is 12.0. The molecule has 21 heavy (non-hydrogen) atoms. The Bertz CT molecular complexity index is 684. The Hall–Kier alpha value is -1.77. The van der Waals surface area contributed by atoms with Gasteiger partial charge in [0.2, 0.25) is 10.0 Å². The van der Waals surface area contributed by atoms with Crippen LogP contribution in [-0.4, -0.2) is 35.0 Å². The van der Waals surface area contributed by atoms with Crippen LogP contribution >= 0.6 is 0 Å². The highest BCUT2D eigenvalue weighted by Crippen LogP contribution is 2.21. The van der Waals surface area contributed by atoms with E-state index in [4.69, 9.17) is 5.73 Å². The standard InChI is InChI=1S/C13H19N5O2S/c1-3-12(14)10-5-4-6-11(7-10)21(19,20)18(2)8-13-15-9-16-17-13/h4-7,9,12H,3,8,14H2,1-2H3,(H,15,16,17). The quantitative estimate of drug-likeness (QED) is 0.829. The summed E-state index contributed by atoms with van der Waals surface area (Å²) in [5, 5.41) is 6.35. The number of aromatic nitrogens is 3. The summed E-state index contributed by atoms with van der Waals surface area (Å²) in [6, 6.07) is 6.57. The van der Waals surface area contributed by atoms with E-state index in [9.17, 15) is 8.42 Å². The van der Waals surface area contributed by atoms with E-state index in [1.54, 1.807) is 18.2 Å². The highest BCUT2D eigenvalue weighted by Gasteiger charge is 2.22. The normalized spacial score (nSPS) is 13.5. The topological polar surface area (TPSA) is 105 Å². The molecule has 0 spiro atoms. The second kappa shape index (κ2) is 6.33. The van der Waals surface area contributed by atoms with Crippen molar-refractivity contribution in [2.45, 2.75) is 30.8 Å². The highest BCUT2D eigenvalue weighted by molar-refractivity contribution is 7.89. The van der Waals surface area contributed by atoms with Crippen molar-refractivity contribution in [1.29, 1.82) is 0 Å². The predicted molar refractivity (Wildman–Crippen MR) is 78.7 cm³/mol. The Morgan fingerprint density at radius 2 is 2.19 bits per heavy atom. The predicted octanol–water partition coefficient (Wildman–Crippen LogP) is 1.04. The van der Waals surface area contributed by atoms with Crippen molar-refractivity contribution in [2.75, 3.05) is 7.05 Å². The second-order valence-electron chi connectivity index (χ2n) is 4.78. The van der Waals surface area contributed by atoms with Crippen LogP contribution in [0.1, 0.15) is 30.8 Å². The van der Waals surface area contributed by atoms with Gasteiger partial charge in [0.25, 0.3) is 0 Å². The summed E-state index contributed by atoms with van der Waals surface area (Å²) in [7, 11) is -2.09. The Morgan fingerprint density at radius 3 is 2.81 bits per heavy atom. The van der Waals surface area contributed by atoms with Crippen molar-refractivity contribution in [3.63, 3.8) is 0 Å². The number of H-pyrrole nitrogens is 1. The fourth-order valence-electron chi connectivity index (χ4n) is 1.92. The summed E-state index contributed by atoms with van der Waals surface area (Å²) in [5.74, 6) is 0.488. The number of nitrogens with one attached hydrogen (secondary N) is 1. The van der Waals surface area contributed by atoms with Gasteiger partial charge >= 0.3 is 0 Å². The first kappa shape index (κ1) is 15.6. The zero-order chi connectivity index (χ0) is 15.5. The van der Waals surface area contributed by atoms with E-state index >= 15 is 0 Å². The van der Waals surface area contributed by atoms with Gasteiger partial charge in [-0.1, -0.05) is 19.1 Å². The molecule has 0 saturated heterocycles. The molecule has 0 fully saturated rings. The molecule has 0 aliphatic carbocycles. The summed E-state index contributed by atoms with van der Waals surface area (Å²) in [6.07, 6.45) is 2.09. The molecule has 0 amide bonds. The summed E-state index contributed by atoms with van der Waals surface area (Å²) in [4.78, 5) is 4.16. The SMILES string of the molecule is CCC(N)c1cccc(S(=O)(=O)N(C)Cc2ncn[nH]2)c1. The molecule has 3 N–H and O–H groups in total. The van der Waals surface area contributed by atoms with Crippen molar-refractivity contribution < 1.29 is 8.42 Å². The summed E-state index contributed by atoms with van der Waals surface area (Å²) >= 11 is 0. The van der Waals surface area contributed by atoms with E-state index in [0.717, 1.165) is 12.0 Å². The lowest BCUT2D eigenvalue weighted by atomic mass is 10.1. The molecule has 0 bridgehead atoms. The number of hydrogen-bond donors (Lipinski definition) is 2. The van der Waals surface area contributed by atoms with E-state index < -0.39 is 10.0 Å². The molecule has 7 nitrogen and oxygen atoms in total. The number of rotatable bonds is 6. The smallest absolute Gasteiger partial charge is 0.243 e. The fourth-order valence-corrected chi connectivity index (χ4v) is 3.11. The minimum atomic E-state index is -3.59. The van der Waals surface area contributed by atoms with E-state index in [0.29, 0.717) is 5.82 Å². The van der Waals surface area contributed by atoms with Crippen LogP contribution in [0.15, 0.2) is 35.5 Å². The lowest BCUT2D eigenvalue weighted by Gasteiger charge is -2.17. The Kier molecular flexibility index (Phi) is 4.71. The molecular formula is C13H19N5O2S. The van der Waals surface area contributed by atoms with Crippen LogP contribution in [0, 0.1) is 0 Å². The van der Waals surface area contributed by atoms with Crippen molar-refractivity contribution in [3.05, 3.63) is 42.0 Å². The van der Waals surface area contributed by atoms with Crippen LogP contribution in [0.3, 0.4) is 0 Å². The number of nitrogens with two attached hydrogens (primary N) is 1. The average molecular weight is 309 g/mol. The monoisotopic (exact) mass is 309 g/mol. The molecule has 1 unspecified atom stereocenters. The molecular weight excluding hydrogens is 290 g/mol. The molecule has 114 valence electrons. The molecule has 1 aromatic heterocycles. The van der Waals surface area contributed by atoms with Crippen LogP contribution in [0.2, 0.25) is 0 Å². The van der Waals surface area contributed by atoms with Gasteiger partial charge in [-0.3, -0.25) is 5.10 Å². The van der Waals surface area contributed by atoms with Gasteiger partial charge in [0.1, 0.15) is 12.2 Å². The summed E-state index contributed by atoms with van der Waals surface area (Å²) in [6.45, 7) is 2.09. The number of hydrogen-bond acceptors (Lipinski definition) is 5. The van der Waals surface area contributed by atoms with Crippen LogP contribution in [0.5, 0.6) is 0 Å². The first-order valence-electron chi connectivity index (χ1n) is 6.61. The number of aromatic amines is 1. The third-order valence-corrected chi connectivity index (χ3v) is 5.07. The minimum Gasteiger partial charge on any atom is -0.324 e.